The highest BCUT2D eigenvalue weighted by Gasteiger charge is 2.18. The third kappa shape index (κ3) is 43.7. The first-order valence-electron chi connectivity index (χ1n) is 25.1. The molecule has 0 radical (unpaired) electrons. The molecule has 0 aliphatic heterocycles. The van der Waals surface area contributed by atoms with E-state index in [4.69, 9.17) is 4.74 Å². The Morgan fingerprint density at radius 3 is 1.25 bits per heavy atom. The number of aliphatic hydroxyl groups excluding tert-OH is 2. The van der Waals surface area contributed by atoms with Crippen molar-refractivity contribution in [3.63, 3.8) is 0 Å². The van der Waals surface area contributed by atoms with Crippen LogP contribution in [0.1, 0.15) is 264 Å². The van der Waals surface area contributed by atoms with E-state index in [-0.39, 0.29) is 18.5 Å². The molecule has 2 unspecified atom stereocenters. The molecular weight excluding hydrogens is 707 g/mol. The number of hydrogen-bond donors (Lipinski definition) is 3. The van der Waals surface area contributed by atoms with E-state index in [0.29, 0.717) is 19.4 Å². The Morgan fingerprint density at radius 1 is 0.474 bits per heavy atom. The van der Waals surface area contributed by atoms with Crippen LogP contribution in [0.5, 0.6) is 0 Å². The SMILES string of the molecule is CCCCCCCCCCCC/C=C/C(O)C(CO)NC(=O)CCCCCCCCC/C=C\CCCCCCOC(=O)CCCCCCCCCCCCCCC. The number of nitrogens with one attached hydrogen (secondary N) is 1. The number of carbonyl (C=O) groups excluding carboxylic acids is 2. The third-order valence-electron chi connectivity index (χ3n) is 11.5. The van der Waals surface area contributed by atoms with Gasteiger partial charge in [-0.25, -0.2) is 0 Å². The van der Waals surface area contributed by atoms with E-state index in [9.17, 15) is 19.8 Å². The number of carbonyl (C=O) groups is 2. The molecule has 0 aromatic carbocycles. The van der Waals surface area contributed by atoms with Gasteiger partial charge in [0.1, 0.15) is 0 Å². The van der Waals surface area contributed by atoms with Gasteiger partial charge in [-0.2, -0.15) is 0 Å². The minimum atomic E-state index is -0.852. The zero-order valence-electron chi connectivity index (χ0n) is 38.1. The van der Waals surface area contributed by atoms with E-state index in [2.05, 4.69) is 31.3 Å². The second-order valence-electron chi connectivity index (χ2n) is 17.1. The van der Waals surface area contributed by atoms with E-state index in [1.54, 1.807) is 6.08 Å². The summed E-state index contributed by atoms with van der Waals surface area (Å²) in [4.78, 5) is 24.4. The van der Waals surface area contributed by atoms with Gasteiger partial charge in [-0.15, -0.1) is 0 Å². The lowest BCUT2D eigenvalue weighted by atomic mass is 10.0. The zero-order valence-corrected chi connectivity index (χ0v) is 38.1. The molecule has 0 aliphatic carbocycles. The van der Waals surface area contributed by atoms with Gasteiger partial charge in [0.05, 0.1) is 25.4 Å². The van der Waals surface area contributed by atoms with Crippen LogP contribution in [0.15, 0.2) is 24.3 Å². The monoisotopic (exact) mass is 804 g/mol. The summed E-state index contributed by atoms with van der Waals surface area (Å²) in [5, 5.41) is 23.0. The summed E-state index contributed by atoms with van der Waals surface area (Å²) in [6.45, 7) is 4.85. The number of esters is 1. The average molecular weight is 804 g/mol. The smallest absolute Gasteiger partial charge is 0.305 e. The fourth-order valence-corrected chi connectivity index (χ4v) is 7.57. The molecule has 0 saturated heterocycles. The Bertz CT molecular complexity index is 889. The van der Waals surface area contributed by atoms with Crippen LogP contribution in [0.3, 0.4) is 0 Å². The lowest BCUT2D eigenvalue weighted by Crippen LogP contribution is -2.45. The summed E-state index contributed by atoms with van der Waals surface area (Å²) in [7, 11) is 0. The first-order valence-corrected chi connectivity index (χ1v) is 25.1. The molecule has 0 aromatic heterocycles. The Hall–Kier alpha value is -1.66. The maximum atomic E-state index is 12.4. The zero-order chi connectivity index (χ0) is 41.5. The van der Waals surface area contributed by atoms with Crippen LogP contribution in [0.2, 0.25) is 0 Å². The van der Waals surface area contributed by atoms with Crippen molar-refractivity contribution in [1.82, 2.24) is 5.32 Å². The van der Waals surface area contributed by atoms with E-state index in [1.807, 2.05) is 6.08 Å². The largest absolute Gasteiger partial charge is 0.466 e. The highest BCUT2D eigenvalue weighted by Crippen LogP contribution is 2.15. The molecule has 6 heteroatoms. The Balaban J connectivity index is 3.50. The van der Waals surface area contributed by atoms with E-state index in [1.165, 1.54) is 167 Å². The molecule has 0 saturated carbocycles. The lowest BCUT2D eigenvalue weighted by Gasteiger charge is -2.20. The number of allylic oxidation sites excluding steroid dienone is 3. The first kappa shape index (κ1) is 55.3. The van der Waals surface area contributed by atoms with E-state index < -0.39 is 12.1 Å². The highest BCUT2D eigenvalue weighted by atomic mass is 16.5. The number of rotatable bonds is 46. The summed E-state index contributed by atoms with van der Waals surface area (Å²) < 4.78 is 5.45. The second kappa shape index (κ2) is 47.0. The Labute approximate surface area is 354 Å². The second-order valence-corrected chi connectivity index (χ2v) is 17.1. The fourth-order valence-electron chi connectivity index (χ4n) is 7.57. The Kier molecular flexibility index (Phi) is 45.7. The number of amides is 1. The van der Waals surface area contributed by atoms with E-state index >= 15 is 0 Å². The maximum absolute atomic E-state index is 12.4. The van der Waals surface area contributed by atoms with Crippen LogP contribution in [0, 0.1) is 0 Å². The molecular formula is C51H97NO5. The molecule has 0 fully saturated rings. The van der Waals surface area contributed by atoms with Crippen molar-refractivity contribution in [2.75, 3.05) is 13.2 Å². The van der Waals surface area contributed by atoms with Crippen molar-refractivity contribution in [2.45, 2.75) is 276 Å². The molecule has 0 aromatic rings. The molecule has 3 N–H and O–H groups in total. The fraction of sp³-hybridized carbons (Fsp3) is 0.882. The van der Waals surface area contributed by atoms with Gasteiger partial charge in [-0.05, 0) is 57.8 Å². The van der Waals surface area contributed by atoms with Gasteiger partial charge in [0.15, 0.2) is 0 Å². The van der Waals surface area contributed by atoms with Gasteiger partial charge in [-0.3, -0.25) is 9.59 Å². The van der Waals surface area contributed by atoms with Crippen molar-refractivity contribution < 1.29 is 24.5 Å². The van der Waals surface area contributed by atoms with Crippen LogP contribution >= 0.6 is 0 Å². The van der Waals surface area contributed by atoms with Crippen LogP contribution in [0.25, 0.3) is 0 Å². The summed E-state index contributed by atoms with van der Waals surface area (Å²) in [5.41, 5.74) is 0. The summed E-state index contributed by atoms with van der Waals surface area (Å²) in [5.74, 6) is -0.0944. The quantitative estimate of drug-likeness (QED) is 0.0324. The molecule has 0 bridgehead atoms. The summed E-state index contributed by atoms with van der Waals surface area (Å²) >= 11 is 0. The normalized spacial score (nSPS) is 12.8. The molecule has 0 heterocycles. The molecule has 0 aliphatic rings. The molecule has 0 rings (SSSR count). The molecule has 6 nitrogen and oxygen atoms in total. The average Bonchev–Trinajstić information content (AvgIpc) is 3.21. The van der Waals surface area contributed by atoms with Crippen LogP contribution in [0.4, 0.5) is 0 Å². The topological polar surface area (TPSA) is 95.9 Å². The van der Waals surface area contributed by atoms with Crippen molar-refractivity contribution in [2.24, 2.45) is 0 Å². The predicted molar refractivity (Wildman–Crippen MR) is 246 cm³/mol. The van der Waals surface area contributed by atoms with Gasteiger partial charge in [-0.1, -0.05) is 218 Å². The highest BCUT2D eigenvalue weighted by molar-refractivity contribution is 5.76. The molecule has 57 heavy (non-hydrogen) atoms. The minimum Gasteiger partial charge on any atom is -0.466 e. The van der Waals surface area contributed by atoms with Crippen LogP contribution < -0.4 is 5.32 Å². The van der Waals surface area contributed by atoms with E-state index in [0.717, 1.165) is 70.6 Å². The first-order chi connectivity index (χ1) is 28.0. The molecule has 336 valence electrons. The number of hydrogen-bond acceptors (Lipinski definition) is 5. The predicted octanol–water partition coefficient (Wildman–Crippen LogP) is 14.7. The van der Waals surface area contributed by atoms with Crippen molar-refractivity contribution in [1.29, 1.82) is 0 Å². The lowest BCUT2D eigenvalue weighted by molar-refractivity contribution is -0.143. The van der Waals surface area contributed by atoms with Crippen LogP contribution in [-0.2, 0) is 14.3 Å². The molecule has 0 spiro atoms. The molecule has 2 atom stereocenters. The van der Waals surface area contributed by atoms with Crippen molar-refractivity contribution >= 4 is 11.9 Å². The third-order valence-corrected chi connectivity index (χ3v) is 11.5. The van der Waals surface area contributed by atoms with Gasteiger partial charge in [0.25, 0.3) is 0 Å². The maximum Gasteiger partial charge on any atom is 0.305 e. The molecule has 1 amide bonds. The van der Waals surface area contributed by atoms with Gasteiger partial charge in [0, 0.05) is 12.8 Å². The van der Waals surface area contributed by atoms with Crippen LogP contribution in [-0.4, -0.2) is 47.4 Å². The van der Waals surface area contributed by atoms with Gasteiger partial charge in [0.2, 0.25) is 5.91 Å². The number of ether oxygens (including phenoxy) is 1. The number of aliphatic hydroxyl groups is 2. The number of unbranched alkanes of at least 4 members (excludes halogenated alkanes) is 33. The van der Waals surface area contributed by atoms with Gasteiger partial charge >= 0.3 is 5.97 Å². The standard InChI is InChI=1S/C51H97NO5/c1-3-5-7-9-11-13-15-20-25-29-33-37-41-45-51(56)57-46-42-38-34-30-26-22-19-17-18-21-24-28-32-36-40-44-50(55)52-48(47-53)49(54)43-39-35-31-27-23-16-14-12-10-8-6-4-2/h19,22,39,43,48-49,53-54H,3-18,20-21,23-38,40-42,44-47H2,1-2H3,(H,52,55)/b22-19-,43-39+. The van der Waals surface area contributed by atoms with Gasteiger partial charge < -0.3 is 20.3 Å². The summed E-state index contributed by atoms with van der Waals surface area (Å²) in [6, 6.07) is -0.637. The van der Waals surface area contributed by atoms with Crippen molar-refractivity contribution in [3.05, 3.63) is 24.3 Å². The minimum absolute atomic E-state index is 0.0102. The summed E-state index contributed by atoms with van der Waals surface area (Å²) in [6.07, 6.45) is 54.6. The van der Waals surface area contributed by atoms with Crippen molar-refractivity contribution in [3.8, 4) is 0 Å². The Morgan fingerprint density at radius 2 is 0.825 bits per heavy atom.